The van der Waals surface area contributed by atoms with Crippen LogP contribution in [0.3, 0.4) is 0 Å². The number of sulfonamides is 1. The van der Waals surface area contributed by atoms with Crippen LogP contribution in [0.25, 0.3) is 0 Å². The number of hydrogen-bond donors (Lipinski definition) is 2. The summed E-state index contributed by atoms with van der Waals surface area (Å²) in [6.45, 7) is 1.15. The number of nitrogens with zero attached hydrogens (tertiary/aromatic N) is 1. The van der Waals surface area contributed by atoms with E-state index < -0.39 is 10.0 Å². The van der Waals surface area contributed by atoms with Crippen molar-refractivity contribution in [2.24, 2.45) is 5.73 Å². The van der Waals surface area contributed by atoms with Crippen molar-refractivity contribution < 1.29 is 13.2 Å². The first-order valence-corrected chi connectivity index (χ1v) is 7.85. The minimum atomic E-state index is -3.22. The monoisotopic (exact) mass is 267 g/mol. The topological polar surface area (TPSA) is 92.5 Å². The summed E-state index contributed by atoms with van der Waals surface area (Å²) in [4.78, 5) is 10.8. The lowest BCUT2D eigenvalue weighted by molar-refractivity contribution is -0.119. The Morgan fingerprint density at radius 1 is 1.38 bits per heavy atom. The minimum absolute atomic E-state index is 0.0522. The fourth-order valence-corrected chi connectivity index (χ4v) is 3.84. The van der Waals surface area contributed by atoms with Gasteiger partial charge in [0.15, 0.2) is 0 Å². The van der Waals surface area contributed by atoms with E-state index in [0.29, 0.717) is 13.1 Å². The first-order chi connectivity index (χ1) is 7.56. The lowest BCUT2D eigenvalue weighted by atomic mass is 10.6. The van der Waals surface area contributed by atoms with Gasteiger partial charge in [0.2, 0.25) is 15.9 Å². The molecular weight excluding hydrogens is 250 g/mol. The average Bonchev–Trinajstić information content (AvgIpc) is 2.30. The van der Waals surface area contributed by atoms with Gasteiger partial charge >= 0.3 is 0 Å². The summed E-state index contributed by atoms with van der Waals surface area (Å²) in [5.74, 6) is 1.30. The summed E-state index contributed by atoms with van der Waals surface area (Å²) < 4.78 is 25.1. The second-order valence-corrected chi connectivity index (χ2v) is 6.69. The number of amides is 1. The molecule has 1 aliphatic rings. The second-order valence-electron chi connectivity index (χ2n) is 3.38. The molecule has 0 aromatic heterocycles. The number of hydrogen-bond acceptors (Lipinski definition) is 5. The number of carbonyl (C=O) groups excluding carboxylic acids is 1. The first kappa shape index (κ1) is 13.8. The Hall–Kier alpha value is -0.310. The molecule has 1 fully saturated rings. The Morgan fingerprint density at radius 2 is 2.00 bits per heavy atom. The van der Waals surface area contributed by atoms with Gasteiger partial charge in [-0.15, -0.1) is 0 Å². The molecule has 0 aromatic carbocycles. The van der Waals surface area contributed by atoms with Gasteiger partial charge in [0.25, 0.3) is 0 Å². The van der Waals surface area contributed by atoms with Gasteiger partial charge in [-0.3, -0.25) is 4.79 Å². The van der Waals surface area contributed by atoms with Crippen LogP contribution in [0.4, 0.5) is 0 Å². The van der Waals surface area contributed by atoms with Crippen LogP contribution in [0.1, 0.15) is 0 Å². The molecule has 6 nitrogen and oxygen atoms in total. The van der Waals surface area contributed by atoms with Crippen LogP contribution < -0.4 is 11.1 Å². The van der Waals surface area contributed by atoms with E-state index in [1.54, 1.807) is 11.8 Å². The number of carbonyl (C=O) groups is 1. The molecule has 1 heterocycles. The summed E-state index contributed by atoms with van der Waals surface area (Å²) in [6.07, 6.45) is 0. The zero-order chi connectivity index (χ0) is 12.0. The Morgan fingerprint density at radius 3 is 2.56 bits per heavy atom. The molecule has 0 atom stereocenters. The smallest absolute Gasteiger partial charge is 0.233 e. The van der Waals surface area contributed by atoms with E-state index in [-0.39, 0.29) is 24.7 Å². The third-order valence-electron chi connectivity index (χ3n) is 2.23. The zero-order valence-electron chi connectivity index (χ0n) is 9.02. The molecular formula is C8H17N3O3S2. The van der Waals surface area contributed by atoms with Gasteiger partial charge in [-0.05, 0) is 0 Å². The molecule has 1 aliphatic heterocycles. The van der Waals surface area contributed by atoms with Crippen LogP contribution in [0, 0.1) is 0 Å². The number of thioether (sulfide) groups is 1. The SMILES string of the molecule is NCC(=O)NCCS(=O)(=O)N1CCSCC1. The highest BCUT2D eigenvalue weighted by atomic mass is 32.2. The molecule has 0 radical (unpaired) electrons. The van der Waals surface area contributed by atoms with E-state index >= 15 is 0 Å². The van der Waals surface area contributed by atoms with Crippen molar-refractivity contribution in [1.29, 1.82) is 0 Å². The lowest BCUT2D eigenvalue weighted by Crippen LogP contribution is -2.42. The molecule has 0 bridgehead atoms. The van der Waals surface area contributed by atoms with Gasteiger partial charge in [-0.2, -0.15) is 11.8 Å². The van der Waals surface area contributed by atoms with Crippen molar-refractivity contribution >= 4 is 27.7 Å². The van der Waals surface area contributed by atoms with Gasteiger partial charge in [0.1, 0.15) is 0 Å². The maximum absolute atomic E-state index is 11.8. The van der Waals surface area contributed by atoms with E-state index in [0.717, 1.165) is 11.5 Å². The van der Waals surface area contributed by atoms with Crippen LogP contribution in [-0.4, -0.2) is 62.1 Å². The van der Waals surface area contributed by atoms with Crippen molar-refractivity contribution in [1.82, 2.24) is 9.62 Å². The van der Waals surface area contributed by atoms with Crippen molar-refractivity contribution in [3.8, 4) is 0 Å². The highest BCUT2D eigenvalue weighted by Gasteiger charge is 2.23. The molecule has 1 amide bonds. The molecule has 0 aliphatic carbocycles. The normalized spacial score (nSPS) is 18.3. The molecule has 3 N–H and O–H groups in total. The first-order valence-electron chi connectivity index (χ1n) is 5.08. The van der Waals surface area contributed by atoms with Crippen molar-refractivity contribution in [3.63, 3.8) is 0 Å². The summed E-state index contributed by atoms with van der Waals surface area (Å²) >= 11 is 1.75. The van der Waals surface area contributed by atoms with Crippen LogP contribution >= 0.6 is 11.8 Å². The van der Waals surface area contributed by atoms with E-state index in [9.17, 15) is 13.2 Å². The minimum Gasteiger partial charge on any atom is -0.354 e. The summed E-state index contributed by atoms with van der Waals surface area (Å²) in [5.41, 5.74) is 5.09. The standard InChI is InChI=1S/C8H17N3O3S2/c9-7-8(12)10-1-6-16(13,14)11-2-4-15-5-3-11/h1-7,9H2,(H,10,12). The summed E-state index contributed by atoms with van der Waals surface area (Å²) in [5, 5.41) is 2.45. The quantitative estimate of drug-likeness (QED) is 0.628. The van der Waals surface area contributed by atoms with Crippen molar-refractivity contribution in [2.75, 3.05) is 43.4 Å². The largest absolute Gasteiger partial charge is 0.354 e. The predicted molar refractivity (Wildman–Crippen MR) is 64.7 cm³/mol. The van der Waals surface area contributed by atoms with Gasteiger partial charge in [0, 0.05) is 31.1 Å². The van der Waals surface area contributed by atoms with Crippen molar-refractivity contribution in [2.45, 2.75) is 0 Å². The van der Waals surface area contributed by atoms with Gasteiger partial charge in [-0.25, -0.2) is 12.7 Å². The molecule has 94 valence electrons. The highest BCUT2D eigenvalue weighted by Crippen LogP contribution is 2.12. The lowest BCUT2D eigenvalue weighted by Gasteiger charge is -2.25. The van der Waals surface area contributed by atoms with E-state index in [1.807, 2.05) is 0 Å². The third kappa shape index (κ3) is 4.28. The fourth-order valence-electron chi connectivity index (χ4n) is 1.35. The van der Waals surface area contributed by atoms with Crippen LogP contribution in [0.15, 0.2) is 0 Å². The van der Waals surface area contributed by atoms with Crippen molar-refractivity contribution in [3.05, 3.63) is 0 Å². The van der Waals surface area contributed by atoms with Crippen LogP contribution in [0.5, 0.6) is 0 Å². The van der Waals surface area contributed by atoms with Gasteiger partial charge < -0.3 is 11.1 Å². The van der Waals surface area contributed by atoms with Gasteiger partial charge in [0.05, 0.1) is 12.3 Å². The molecule has 1 rings (SSSR count). The van der Waals surface area contributed by atoms with Crippen LogP contribution in [-0.2, 0) is 14.8 Å². The Labute approximate surface area is 100.0 Å². The molecule has 0 saturated carbocycles. The third-order valence-corrected chi connectivity index (χ3v) is 5.05. The average molecular weight is 267 g/mol. The van der Waals surface area contributed by atoms with Gasteiger partial charge in [-0.1, -0.05) is 0 Å². The Balaban J connectivity index is 2.36. The summed E-state index contributed by atoms with van der Waals surface area (Å²) in [6, 6.07) is 0. The number of rotatable bonds is 5. The van der Waals surface area contributed by atoms with E-state index in [1.165, 1.54) is 4.31 Å². The highest BCUT2D eigenvalue weighted by molar-refractivity contribution is 7.99. The molecule has 0 unspecified atom stereocenters. The van der Waals surface area contributed by atoms with Crippen LogP contribution in [0.2, 0.25) is 0 Å². The molecule has 16 heavy (non-hydrogen) atoms. The molecule has 1 saturated heterocycles. The maximum Gasteiger partial charge on any atom is 0.233 e. The van der Waals surface area contributed by atoms with E-state index in [2.05, 4.69) is 5.32 Å². The van der Waals surface area contributed by atoms with E-state index in [4.69, 9.17) is 5.73 Å². The number of nitrogens with one attached hydrogen (secondary N) is 1. The molecule has 8 heteroatoms. The Kier molecular flexibility index (Phi) is 5.53. The summed E-state index contributed by atoms with van der Waals surface area (Å²) in [7, 11) is -3.22. The zero-order valence-corrected chi connectivity index (χ0v) is 10.6. The second kappa shape index (κ2) is 6.43. The fraction of sp³-hybridized carbons (Fsp3) is 0.875. The Bertz CT molecular complexity index is 325. The number of nitrogens with two attached hydrogens (primary N) is 1. The molecule has 0 aromatic rings. The maximum atomic E-state index is 11.8. The molecule has 0 spiro atoms. The predicted octanol–water partition coefficient (Wildman–Crippen LogP) is -1.56.